The van der Waals surface area contributed by atoms with E-state index in [-0.39, 0.29) is 4.90 Å². The Morgan fingerprint density at radius 3 is 2.47 bits per heavy atom. The summed E-state index contributed by atoms with van der Waals surface area (Å²) in [5.74, 6) is 0.611. The van der Waals surface area contributed by atoms with Crippen molar-refractivity contribution >= 4 is 21.9 Å². The highest BCUT2D eigenvalue weighted by Crippen LogP contribution is 2.07. The second-order valence-electron chi connectivity index (χ2n) is 3.99. The number of anilines is 1. The number of aromatic nitrogens is 1. The molecule has 0 aliphatic carbocycles. The summed E-state index contributed by atoms with van der Waals surface area (Å²) in [6, 6.07) is 12.8. The summed E-state index contributed by atoms with van der Waals surface area (Å²) in [5.41, 5.74) is 3.77. The van der Waals surface area contributed by atoms with Crippen molar-refractivity contribution in [3.8, 4) is 0 Å². The van der Waals surface area contributed by atoms with E-state index < -0.39 is 9.84 Å². The molecule has 2 aromatic rings. The van der Waals surface area contributed by atoms with Crippen molar-refractivity contribution in [2.75, 3.05) is 11.7 Å². The lowest BCUT2D eigenvalue weighted by atomic mass is 10.2. The molecule has 2 rings (SSSR count). The third kappa shape index (κ3) is 3.89. The van der Waals surface area contributed by atoms with E-state index in [1.807, 2.05) is 30.3 Å². The van der Waals surface area contributed by atoms with Gasteiger partial charge in [-0.05, 0) is 11.6 Å². The fourth-order valence-corrected chi connectivity index (χ4v) is 2.01. The molecule has 0 unspecified atom stereocenters. The van der Waals surface area contributed by atoms with Gasteiger partial charge in [-0.1, -0.05) is 35.4 Å². The van der Waals surface area contributed by atoms with Crippen molar-refractivity contribution in [1.82, 2.24) is 0 Å². The molecule has 1 aromatic heterocycles. The van der Waals surface area contributed by atoms with Crippen molar-refractivity contribution in [1.29, 1.82) is 0 Å². The van der Waals surface area contributed by atoms with E-state index in [0.29, 0.717) is 5.82 Å². The molecule has 0 aliphatic heterocycles. The lowest BCUT2D eigenvalue weighted by molar-refractivity contribution is -0.364. The molecule has 98 valence electrons. The highest BCUT2D eigenvalue weighted by atomic mass is 32.2. The van der Waals surface area contributed by atoms with Gasteiger partial charge in [0.15, 0.2) is 9.84 Å². The number of H-pyrrole nitrogens is 1. The van der Waals surface area contributed by atoms with E-state index in [0.717, 1.165) is 11.8 Å². The maximum absolute atomic E-state index is 11.3. The van der Waals surface area contributed by atoms with Crippen LogP contribution < -0.4 is 10.4 Å². The minimum atomic E-state index is -3.18. The van der Waals surface area contributed by atoms with Crippen LogP contribution in [0.2, 0.25) is 0 Å². The number of sulfone groups is 1. The van der Waals surface area contributed by atoms with Crippen molar-refractivity contribution < 1.29 is 13.4 Å². The first-order chi connectivity index (χ1) is 9.05. The first kappa shape index (κ1) is 13.2. The van der Waals surface area contributed by atoms with Gasteiger partial charge in [0, 0.05) is 12.3 Å². The summed E-state index contributed by atoms with van der Waals surface area (Å²) >= 11 is 0. The average molecular weight is 276 g/mol. The van der Waals surface area contributed by atoms with Crippen LogP contribution in [0.4, 0.5) is 5.82 Å². The van der Waals surface area contributed by atoms with Gasteiger partial charge in [0.2, 0.25) is 0 Å². The summed E-state index contributed by atoms with van der Waals surface area (Å²) in [7, 11) is -3.18. The molecule has 5 nitrogen and oxygen atoms in total. The maximum atomic E-state index is 11.3. The number of pyridine rings is 1. The molecule has 0 spiro atoms. The SMILES string of the molecule is CS(=O)(=O)c1ccc(N/N=C/c2ccccc2)[nH+]c1. The number of hydrogen-bond acceptors (Lipinski definition) is 4. The van der Waals surface area contributed by atoms with Gasteiger partial charge in [0.05, 0.1) is 6.21 Å². The van der Waals surface area contributed by atoms with E-state index >= 15 is 0 Å². The highest BCUT2D eigenvalue weighted by molar-refractivity contribution is 7.90. The predicted octanol–water partition coefficient (Wildman–Crippen LogP) is 1.35. The van der Waals surface area contributed by atoms with Gasteiger partial charge >= 0.3 is 0 Å². The van der Waals surface area contributed by atoms with Crippen molar-refractivity contribution in [3.05, 3.63) is 54.2 Å². The van der Waals surface area contributed by atoms with Crippen LogP contribution in [0, 0.1) is 0 Å². The summed E-state index contributed by atoms with van der Waals surface area (Å²) in [5, 5.41) is 4.05. The zero-order chi connectivity index (χ0) is 13.7. The topological polar surface area (TPSA) is 72.7 Å². The zero-order valence-corrected chi connectivity index (χ0v) is 11.2. The highest BCUT2D eigenvalue weighted by Gasteiger charge is 2.09. The zero-order valence-electron chi connectivity index (χ0n) is 10.4. The van der Waals surface area contributed by atoms with E-state index in [9.17, 15) is 8.42 Å². The largest absolute Gasteiger partial charge is 0.297 e. The van der Waals surface area contributed by atoms with Crippen LogP contribution in [-0.2, 0) is 9.84 Å². The van der Waals surface area contributed by atoms with E-state index in [1.165, 1.54) is 12.3 Å². The lowest BCUT2D eigenvalue weighted by Crippen LogP contribution is -2.12. The van der Waals surface area contributed by atoms with E-state index in [1.54, 1.807) is 12.3 Å². The van der Waals surface area contributed by atoms with Crippen molar-refractivity contribution in [2.24, 2.45) is 5.10 Å². The minimum Gasteiger partial charge on any atom is -0.245 e. The van der Waals surface area contributed by atoms with Crippen LogP contribution in [0.1, 0.15) is 5.56 Å². The van der Waals surface area contributed by atoms with Crippen LogP contribution in [0.3, 0.4) is 0 Å². The number of hydrazone groups is 1. The molecule has 0 saturated carbocycles. The van der Waals surface area contributed by atoms with Crippen LogP contribution >= 0.6 is 0 Å². The molecule has 0 radical (unpaired) electrons. The number of hydrogen-bond donors (Lipinski definition) is 1. The summed E-state index contributed by atoms with van der Waals surface area (Å²) in [4.78, 5) is 3.07. The fraction of sp³-hybridized carbons (Fsp3) is 0.0769. The molecule has 0 aliphatic rings. The Morgan fingerprint density at radius 2 is 1.89 bits per heavy atom. The fourth-order valence-electron chi connectivity index (χ4n) is 1.43. The molecule has 6 heteroatoms. The molecule has 1 aromatic carbocycles. The molecule has 19 heavy (non-hydrogen) atoms. The first-order valence-corrected chi connectivity index (χ1v) is 7.51. The van der Waals surface area contributed by atoms with Gasteiger partial charge in [0.1, 0.15) is 11.1 Å². The molecule has 0 bridgehead atoms. The second-order valence-corrected chi connectivity index (χ2v) is 6.01. The average Bonchev–Trinajstić information content (AvgIpc) is 2.39. The van der Waals surface area contributed by atoms with Crippen LogP contribution in [-0.4, -0.2) is 20.9 Å². The molecule has 0 atom stereocenters. The molecule has 0 fully saturated rings. The molecule has 2 N–H and O–H groups in total. The Morgan fingerprint density at radius 1 is 1.16 bits per heavy atom. The monoisotopic (exact) mass is 276 g/mol. The Bertz CT molecular complexity index is 665. The van der Waals surface area contributed by atoms with Crippen LogP contribution in [0.15, 0.2) is 58.7 Å². The normalized spacial score (nSPS) is 11.6. The third-order valence-electron chi connectivity index (χ3n) is 2.41. The Balaban J connectivity index is 2.03. The van der Waals surface area contributed by atoms with Crippen LogP contribution in [0.5, 0.6) is 0 Å². The number of nitrogens with one attached hydrogen (secondary N) is 2. The van der Waals surface area contributed by atoms with Gasteiger partial charge in [-0.15, -0.1) is 5.43 Å². The number of nitrogens with zero attached hydrogens (tertiary/aromatic N) is 1. The first-order valence-electron chi connectivity index (χ1n) is 5.61. The van der Waals surface area contributed by atoms with E-state index in [2.05, 4.69) is 15.5 Å². The Labute approximate surface area is 111 Å². The predicted molar refractivity (Wildman–Crippen MR) is 73.8 cm³/mol. The van der Waals surface area contributed by atoms with Gasteiger partial charge in [0.25, 0.3) is 5.82 Å². The van der Waals surface area contributed by atoms with Crippen molar-refractivity contribution in [2.45, 2.75) is 4.90 Å². The van der Waals surface area contributed by atoms with Crippen molar-refractivity contribution in [3.63, 3.8) is 0 Å². The second kappa shape index (κ2) is 5.62. The standard InChI is InChI=1S/C13H13N3O2S/c1-19(17,18)12-7-8-13(14-10-12)16-15-9-11-5-3-2-4-6-11/h2-10H,1H3,(H,14,16)/p+1/b15-9+. The van der Waals surface area contributed by atoms with Gasteiger partial charge in [-0.2, -0.15) is 0 Å². The van der Waals surface area contributed by atoms with Gasteiger partial charge in [-0.25, -0.2) is 13.4 Å². The molecule has 0 amide bonds. The van der Waals surface area contributed by atoms with Gasteiger partial charge < -0.3 is 0 Å². The molecule has 0 saturated heterocycles. The summed E-state index contributed by atoms with van der Waals surface area (Å²) in [6.07, 6.45) is 4.27. The minimum absolute atomic E-state index is 0.241. The quantitative estimate of drug-likeness (QED) is 0.676. The summed E-state index contributed by atoms with van der Waals surface area (Å²) in [6.45, 7) is 0. The van der Waals surface area contributed by atoms with E-state index in [4.69, 9.17) is 0 Å². The number of aromatic amines is 1. The number of benzene rings is 1. The van der Waals surface area contributed by atoms with Crippen LogP contribution in [0.25, 0.3) is 0 Å². The molecular formula is C13H14N3O2S+. The molecule has 1 heterocycles. The Kier molecular flexibility index (Phi) is 3.91. The maximum Gasteiger partial charge on any atom is 0.297 e. The van der Waals surface area contributed by atoms with Gasteiger partial charge in [-0.3, -0.25) is 0 Å². The molecular weight excluding hydrogens is 262 g/mol. The third-order valence-corrected chi connectivity index (χ3v) is 3.52. The number of rotatable bonds is 4. The lowest BCUT2D eigenvalue weighted by Gasteiger charge is -1.96. The summed E-state index contributed by atoms with van der Waals surface area (Å²) < 4.78 is 22.5. The Hall–Kier alpha value is -2.21. The smallest absolute Gasteiger partial charge is 0.245 e.